The smallest absolute Gasteiger partial charge is 0.668 e. The average molecular weight is 499 g/mol. The number of rotatable bonds is 4. The Morgan fingerprint density at radius 3 is 1.07 bits per heavy atom. The van der Waals surface area contributed by atoms with E-state index in [1.54, 1.807) is 5.54 Å². The summed E-state index contributed by atoms with van der Waals surface area (Å²) < 4.78 is 4.82. The predicted octanol–water partition coefficient (Wildman–Crippen LogP) is 7.90. The van der Waals surface area contributed by atoms with Crippen LogP contribution in [-0.2, 0) is 32.7 Å². The molecule has 2 nitrogen and oxygen atoms in total. The van der Waals surface area contributed by atoms with Crippen molar-refractivity contribution in [2.24, 2.45) is 0 Å². The molecule has 0 saturated heterocycles. The van der Waals surface area contributed by atoms with Gasteiger partial charge in [0.05, 0.1) is 0 Å². The van der Waals surface area contributed by atoms with Crippen molar-refractivity contribution in [1.82, 2.24) is 0 Å². The number of hydrogen-bond acceptors (Lipinski definition) is 0. The van der Waals surface area contributed by atoms with Crippen molar-refractivity contribution >= 4 is 24.7 Å². The van der Waals surface area contributed by atoms with Crippen molar-refractivity contribution in [2.45, 2.75) is 106 Å². The molecule has 1 rings (SSSR count). The molecule has 0 unspecified atom stereocenters. The maximum atomic E-state index is 5.13. The minimum Gasteiger partial charge on any atom is -0.668 e. The van der Waals surface area contributed by atoms with E-state index >= 15 is 0 Å². The van der Waals surface area contributed by atoms with Crippen LogP contribution in [0.25, 0.3) is 9.63 Å². The van der Waals surface area contributed by atoms with Crippen LogP contribution in [0.15, 0.2) is 0 Å². The van der Waals surface area contributed by atoms with E-state index < -0.39 is 24.7 Å². The Morgan fingerprint density at radius 1 is 0.593 bits per heavy atom. The molecular formula is C21H45N2Si3Y+. The van der Waals surface area contributed by atoms with Gasteiger partial charge in [0.1, 0.15) is 0 Å². The Bertz CT molecular complexity index is 410. The van der Waals surface area contributed by atoms with Gasteiger partial charge in [-0.05, 0) is 29.2 Å². The van der Waals surface area contributed by atoms with Crippen LogP contribution in [-0.4, -0.2) is 30.2 Å². The quantitative estimate of drug-likeness (QED) is 0.353. The van der Waals surface area contributed by atoms with Gasteiger partial charge in [0.25, 0.3) is 0 Å². The topological polar surface area (TPSA) is 28.2 Å². The molecule has 27 heavy (non-hydrogen) atoms. The molecule has 0 heterocycles. The Labute approximate surface area is 201 Å². The molecule has 0 spiro atoms. The summed E-state index contributed by atoms with van der Waals surface area (Å²) in [5.74, 6) is 5.87. The van der Waals surface area contributed by atoms with E-state index in [0.717, 1.165) is 0 Å². The van der Waals surface area contributed by atoms with E-state index in [4.69, 9.17) is 9.63 Å². The molecule has 0 atom stereocenters. The molecule has 1 aliphatic carbocycles. The number of nitrogens with zero attached hydrogens (tertiary/aromatic N) is 2. The Kier molecular flexibility index (Phi) is 12.4. The Morgan fingerprint density at radius 2 is 0.889 bits per heavy atom. The zero-order valence-corrected chi connectivity index (χ0v) is 26.8. The van der Waals surface area contributed by atoms with E-state index in [1.165, 1.54) is 23.7 Å². The van der Waals surface area contributed by atoms with Crippen molar-refractivity contribution in [3.05, 3.63) is 38.8 Å². The predicted molar refractivity (Wildman–Crippen MR) is 130 cm³/mol. The first-order valence-corrected chi connectivity index (χ1v) is 19.7. The zero-order chi connectivity index (χ0) is 21.3. The molecule has 0 aromatic carbocycles. The first-order valence-electron chi connectivity index (χ1n) is 9.89. The van der Waals surface area contributed by atoms with Crippen molar-refractivity contribution in [2.75, 3.05) is 0 Å². The fourth-order valence-electron chi connectivity index (χ4n) is 4.04. The molecule has 153 valence electrons. The van der Waals surface area contributed by atoms with Gasteiger partial charge in [-0.3, -0.25) is 0 Å². The van der Waals surface area contributed by atoms with Gasteiger partial charge < -0.3 is 9.63 Å². The summed E-state index contributed by atoms with van der Waals surface area (Å²) in [6, 6.07) is 0. The van der Waals surface area contributed by atoms with Crippen LogP contribution in [0.1, 0.15) is 48.5 Å². The first-order chi connectivity index (χ1) is 11.2. The van der Waals surface area contributed by atoms with Crippen LogP contribution < -0.4 is 0 Å². The van der Waals surface area contributed by atoms with Crippen LogP contribution >= 0.6 is 0 Å². The summed E-state index contributed by atoms with van der Waals surface area (Å²) >= 11 is 0. The van der Waals surface area contributed by atoms with Gasteiger partial charge in [-0.1, -0.05) is 126 Å². The molecule has 1 saturated carbocycles. The van der Waals surface area contributed by atoms with Crippen LogP contribution in [0.5, 0.6) is 0 Å². The number of hydrogen-bond donors (Lipinski definition) is 0. The standard InChI is InChI=1S/C15H27NSi.C6H18NSi2.Y/c1-10-11(2)13(4)14(12(10)3)17(8,9)16-15(5,6)7;1-8(2,3)7-9(4,5)6;/h1-9H3;1-6H3;/q2*-1;+3. The first kappa shape index (κ1) is 30.9. The zero-order valence-electron chi connectivity index (χ0n) is 21.0. The molecule has 5 radical (unpaired) electrons. The minimum absolute atomic E-state index is 0. The monoisotopic (exact) mass is 498 g/mol. The molecule has 6 heteroatoms. The van der Waals surface area contributed by atoms with Gasteiger partial charge in [-0.2, -0.15) is 0 Å². The summed E-state index contributed by atoms with van der Waals surface area (Å²) in [5.41, 5.74) is 1.62. The minimum atomic E-state index is -1.69. The SMILES string of the molecule is C[C]1[C](C)[C](C)[C]([Si](C)(C)[N-]C(C)(C)C)[C]1C.C[Si](C)(C)[N-][Si](C)(C)C.[Y+3]. The van der Waals surface area contributed by atoms with Gasteiger partial charge in [0.2, 0.25) is 0 Å². The van der Waals surface area contributed by atoms with Crippen molar-refractivity contribution in [3.63, 3.8) is 0 Å². The fraction of sp³-hybridized carbons (Fsp3) is 0.762. The largest absolute Gasteiger partial charge is 3.00 e. The molecule has 0 aliphatic heterocycles. The van der Waals surface area contributed by atoms with E-state index in [1.807, 2.05) is 0 Å². The van der Waals surface area contributed by atoms with Crippen LogP contribution in [0.2, 0.25) is 52.4 Å². The Balaban J connectivity index is 0. The van der Waals surface area contributed by atoms with Gasteiger partial charge in [-0.15, -0.1) is 5.54 Å². The van der Waals surface area contributed by atoms with E-state index in [9.17, 15) is 0 Å². The van der Waals surface area contributed by atoms with Crippen molar-refractivity contribution in [1.29, 1.82) is 0 Å². The third-order valence-corrected chi connectivity index (χ3v) is 12.9. The normalized spacial score (nSPS) is 19.7. The Hall–Kier alpha value is 1.67. The summed E-state index contributed by atoms with van der Waals surface area (Å²) in [6.45, 7) is 34.1. The third kappa shape index (κ3) is 11.6. The second-order valence-corrected chi connectivity index (χ2v) is 24.6. The summed E-state index contributed by atoms with van der Waals surface area (Å²) in [6.07, 6.45) is 0. The van der Waals surface area contributed by atoms with Gasteiger partial charge in [0.15, 0.2) is 0 Å². The maximum absolute atomic E-state index is 5.13. The molecule has 1 aliphatic rings. The third-order valence-electron chi connectivity index (χ3n) is 4.34. The summed E-state index contributed by atoms with van der Waals surface area (Å²) in [4.78, 5) is 5.13. The van der Waals surface area contributed by atoms with Crippen molar-refractivity contribution in [3.8, 4) is 0 Å². The molecule has 0 bridgehead atoms. The van der Waals surface area contributed by atoms with Gasteiger partial charge in [-0.25, -0.2) is 0 Å². The molecule has 0 aromatic rings. The van der Waals surface area contributed by atoms with Crippen LogP contribution in [0.4, 0.5) is 0 Å². The van der Waals surface area contributed by atoms with Crippen LogP contribution in [0.3, 0.4) is 0 Å². The molecule has 0 amide bonds. The van der Waals surface area contributed by atoms with Crippen molar-refractivity contribution < 1.29 is 32.7 Å². The molecule has 1 fully saturated rings. The second kappa shape index (κ2) is 10.8. The van der Waals surface area contributed by atoms with E-state index in [2.05, 4.69) is 101 Å². The molecule has 0 aromatic heterocycles. The summed E-state index contributed by atoms with van der Waals surface area (Å²) in [5, 5.41) is 0. The summed E-state index contributed by atoms with van der Waals surface area (Å²) in [7, 11) is -3.90. The molecular weight excluding hydrogens is 453 g/mol. The van der Waals surface area contributed by atoms with E-state index in [-0.39, 0.29) is 38.2 Å². The molecule has 0 N–H and O–H groups in total. The second-order valence-electron chi connectivity index (χ2n) is 11.2. The fourth-order valence-corrected chi connectivity index (χ4v) is 16.1. The van der Waals surface area contributed by atoms with Gasteiger partial charge in [0, 0.05) is 0 Å². The maximum Gasteiger partial charge on any atom is 3.00 e. The van der Waals surface area contributed by atoms with Crippen LogP contribution in [0, 0.1) is 29.2 Å². The average Bonchev–Trinajstić information content (AvgIpc) is 2.46. The van der Waals surface area contributed by atoms with Gasteiger partial charge >= 0.3 is 32.7 Å². The van der Waals surface area contributed by atoms with E-state index in [0.29, 0.717) is 0 Å².